The smallest absolute Gasteiger partial charge is 0.346 e. The van der Waals surface area contributed by atoms with Crippen LogP contribution in [0, 0.1) is 5.92 Å². The molecule has 27 heavy (non-hydrogen) atoms. The summed E-state index contributed by atoms with van der Waals surface area (Å²) in [6.45, 7) is 2.55. The third-order valence-corrected chi connectivity index (χ3v) is 5.13. The van der Waals surface area contributed by atoms with Gasteiger partial charge < -0.3 is 14.8 Å². The summed E-state index contributed by atoms with van der Waals surface area (Å²) in [5.41, 5.74) is 1.57. The van der Waals surface area contributed by atoms with E-state index in [0.29, 0.717) is 23.4 Å². The Bertz CT molecular complexity index is 1020. The molecule has 2 aromatic carbocycles. The monoisotopic (exact) mass is 362 g/mol. The summed E-state index contributed by atoms with van der Waals surface area (Å²) in [4.78, 5) is 35.4. The number of nitrogens with zero attached hydrogens (tertiary/aromatic N) is 3. The molecular formula is C21H22N4O2. The molecular weight excluding hydrogens is 340 g/mol. The summed E-state index contributed by atoms with van der Waals surface area (Å²) in [5.74, 6) is 0.183. The minimum atomic E-state index is -0.499. The minimum absolute atomic E-state index is 0.213. The first kappa shape index (κ1) is 17.3. The number of aromatic amines is 1. The fraction of sp³-hybridized carbons (Fsp3) is 0.286. The molecule has 2 heterocycles. The largest absolute Gasteiger partial charge is 0.371 e. The lowest BCUT2D eigenvalue weighted by atomic mass is 10.1. The van der Waals surface area contributed by atoms with Crippen LogP contribution in [0.3, 0.4) is 0 Å². The fourth-order valence-corrected chi connectivity index (χ4v) is 3.77. The van der Waals surface area contributed by atoms with Crippen LogP contribution in [0.15, 0.2) is 59.4 Å². The van der Waals surface area contributed by atoms with Crippen LogP contribution in [0.1, 0.15) is 16.9 Å². The van der Waals surface area contributed by atoms with Crippen LogP contribution < -0.4 is 10.6 Å². The van der Waals surface area contributed by atoms with Crippen molar-refractivity contribution in [3.63, 3.8) is 0 Å². The fourth-order valence-electron chi connectivity index (χ4n) is 3.77. The second-order valence-corrected chi connectivity index (χ2v) is 7.06. The number of carbonyl (C=O) groups excluding carboxylic acids is 1. The highest BCUT2D eigenvalue weighted by Gasteiger charge is 2.26. The highest BCUT2D eigenvalue weighted by molar-refractivity contribution is 6.03. The van der Waals surface area contributed by atoms with Crippen LogP contribution in [0.25, 0.3) is 10.9 Å². The first-order valence-electron chi connectivity index (χ1n) is 9.16. The number of anilines is 1. The lowest BCUT2D eigenvalue weighted by molar-refractivity contribution is 0.0772. The molecule has 0 radical (unpaired) electrons. The van der Waals surface area contributed by atoms with E-state index in [2.05, 4.69) is 27.0 Å². The summed E-state index contributed by atoms with van der Waals surface area (Å²) in [6.07, 6.45) is 1.04. The second kappa shape index (κ2) is 7.23. The quantitative estimate of drug-likeness (QED) is 0.774. The van der Waals surface area contributed by atoms with Gasteiger partial charge >= 0.3 is 5.69 Å². The lowest BCUT2D eigenvalue weighted by Gasteiger charge is -2.22. The van der Waals surface area contributed by atoms with E-state index in [0.717, 1.165) is 19.5 Å². The van der Waals surface area contributed by atoms with Crippen LogP contribution in [0.5, 0.6) is 0 Å². The lowest BCUT2D eigenvalue weighted by Crippen LogP contribution is -2.34. The number of rotatable bonds is 4. The van der Waals surface area contributed by atoms with E-state index in [1.165, 1.54) is 5.69 Å². The number of H-pyrrole nitrogens is 1. The Labute approximate surface area is 157 Å². The van der Waals surface area contributed by atoms with Crippen molar-refractivity contribution in [2.45, 2.75) is 6.42 Å². The van der Waals surface area contributed by atoms with Crippen LogP contribution in [0.2, 0.25) is 0 Å². The van der Waals surface area contributed by atoms with Crippen molar-refractivity contribution >= 4 is 22.5 Å². The van der Waals surface area contributed by atoms with Crippen LogP contribution in [0.4, 0.5) is 5.69 Å². The van der Waals surface area contributed by atoms with Gasteiger partial charge in [-0.3, -0.25) is 4.79 Å². The molecule has 4 rings (SSSR count). The van der Waals surface area contributed by atoms with E-state index < -0.39 is 5.69 Å². The van der Waals surface area contributed by atoms with Crippen LogP contribution in [-0.4, -0.2) is 47.5 Å². The normalized spacial score (nSPS) is 16.6. The molecule has 1 aromatic heterocycles. The van der Waals surface area contributed by atoms with Crippen molar-refractivity contribution in [2.24, 2.45) is 5.92 Å². The zero-order valence-corrected chi connectivity index (χ0v) is 15.3. The molecule has 1 saturated heterocycles. The summed E-state index contributed by atoms with van der Waals surface area (Å²) in [6, 6.07) is 17.6. The Morgan fingerprint density at radius 2 is 1.93 bits per heavy atom. The maximum atomic E-state index is 12.9. The molecule has 1 fully saturated rings. The zero-order chi connectivity index (χ0) is 18.8. The number of amides is 1. The van der Waals surface area contributed by atoms with E-state index >= 15 is 0 Å². The van der Waals surface area contributed by atoms with Gasteiger partial charge in [0.05, 0.1) is 5.52 Å². The Hall–Kier alpha value is -3.15. The molecule has 0 aliphatic carbocycles. The van der Waals surface area contributed by atoms with Crippen molar-refractivity contribution in [1.29, 1.82) is 0 Å². The van der Waals surface area contributed by atoms with E-state index in [-0.39, 0.29) is 11.6 Å². The molecule has 6 heteroatoms. The first-order valence-corrected chi connectivity index (χ1v) is 9.16. The number of para-hydroxylation sites is 2. The number of nitrogens with one attached hydrogen (secondary N) is 1. The summed E-state index contributed by atoms with van der Waals surface area (Å²) in [5, 5.41) is 0.672. The first-order chi connectivity index (χ1) is 13.1. The molecule has 1 unspecified atom stereocenters. The van der Waals surface area contributed by atoms with Gasteiger partial charge in [-0.1, -0.05) is 36.4 Å². The van der Waals surface area contributed by atoms with E-state index in [9.17, 15) is 9.59 Å². The third-order valence-electron chi connectivity index (χ3n) is 5.13. The SMILES string of the molecule is CN(CC1CCN(c2ccccc2)C1)C(=O)c1nc(=O)[nH]c2ccccc12. The second-order valence-electron chi connectivity index (χ2n) is 7.06. The van der Waals surface area contributed by atoms with Crippen LogP contribution >= 0.6 is 0 Å². The standard InChI is InChI=1S/C21H22N4O2/c1-24(13-15-11-12-25(14-15)16-7-3-2-4-8-16)20(26)19-17-9-5-6-10-18(17)22-21(27)23-19/h2-10,15H,11-14H2,1H3,(H,22,23,27). The Morgan fingerprint density at radius 1 is 1.19 bits per heavy atom. The molecule has 0 spiro atoms. The van der Waals surface area contributed by atoms with E-state index in [1.54, 1.807) is 18.0 Å². The number of carbonyl (C=O) groups is 1. The summed E-state index contributed by atoms with van der Waals surface area (Å²) >= 11 is 0. The van der Waals surface area contributed by atoms with Crippen molar-refractivity contribution in [1.82, 2.24) is 14.9 Å². The van der Waals surface area contributed by atoms with Gasteiger partial charge in [-0.25, -0.2) is 4.79 Å². The molecule has 1 amide bonds. The van der Waals surface area contributed by atoms with Crippen LogP contribution in [-0.2, 0) is 0 Å². The number of hydrogen-bond acceptors (Lipinski definition) is 4. The molecule has 1 N–H and O–H groups in total. The van der Waals surface area contributed by atoms with Crippen molar-refractivity contribution < 1.29 is 4.79 Å². The molecule has 3 aromatic rings. The topological polar surface area (TPSA) is 69.3 Å². The van der Waals surface area contributed by atoms with Gasteiger partial charge in [0.25, 0.3) is 5.91 Å². The molecule has 1 atom stereocenters. The number of aromatic nitrogens is 2. The number of fused-ring (bicyclic) bond motifs is 1. The predicted octanol–water partition coefficient (Wildman–Crippen LogP) is 2.52. The summed E-state index contributed by atoms with van der Waals surface area (Å²) in [7, 11) is 1.78. The highest BCUT2D eigenvalue weighted by atomic mass is 16.2. The van der Waals surface area contributed by atoms with E-state index in [4.69, 9.17) is 0 Å². The molecule has 138 valence electrons. The summed E-state index contributed by atoms with van der Waals surface area (Å²) < 4.78 is 0. The molecule has 1 aliphatic heterocycles. The average Bonchev–Trinajstić information content (AvgIpc) is 3.16. The van der Waals surface area contributed by atoms with Gasteiger partial charge in [-0.2, -0.15) is 4.98 Å². The predicted molar refractivity (Wildman–Crippen MR) is 106 cm³/mol. The zero-order valence-electron chi connectivity index (χ0n) is 15.3. The van der Waals surface area contributed by atoms with E-state index in [1.807, 2.05) is 36.4 Å². The van der Waals surface area contributed by atoms with Gasteiger partial charge in [-0.05, 0) is 30.5 Å². The van der Waals surface area contributed by atoms with Gasteiger partial charge in [0.1, 0.15) is 5.69 Å². The van der Waals surface area contributed by atoms with Gasteiger partial charge in [0, 0.05) is 37.8 Å². The van der Waals surface area contributed by atoms with Crippen molar-refractivity contribution in [2.75, 3.05) is 31.6 Å². The Morgan fingerprint density at radius 3 is 2.74 bits per heavy atom. The molecule has 1 aliphatic rings. The average molecular weight is 362 g/mol. The maximum absolute atomic E-state index is 12.9. The van der Waals surface area contributed by atoms with Gasteiger partial charge in [0.15, 0.2) is 0 Å². The molecule has 0 saturated carbocycles. The van der Waals surface area contributed by atoms with Crippen molar-refractivity contribution in [3.05, 3.63) is 70.8 Å². The minimum Gasteiger partial charge on any atom is -0.371 e. The van der Waals surface area contributed by atoms with Gasteiger partial charge in [-0.15, -0.1) is 0 Å². The third kappa shape index (κ3) is 3.56. The maximum Gasteiger partial charge on any atom is 0.346 e. The Balaban J connectivity index is 1.49. The number of benzene rings is 2. The van der Waals surface area contributed by atoms with Gasteiger partial charge in [0.2, 0.25) is 0 Å². The Kier molecular flexibility index (Phi) is 4.62. The van der Waals surface area contributed by atoms with Crippen molar-refractivity contribution in [3.8, 4) is 0 Å². The highest BCUT2D eigenvalue weighted by Crippen LogP contribution is 2.24. The number of hydrogen-bond donors (Lipinski definition) is 1. The molecule has 6 nitrogen and oxygen atoms in total. The molecule has 0 bridgehead atoms.